The van der Waals surface area contributed by atoms with Crippen molar-refractivity contribution in [3.05, 3.63) is 53.7 Å². The van der Waals surface area contributed by atoms with Crippen LogP contribution in [0.25, 0.3) is 10.9 Å². The van der Waals surface area contributed by atoms with Crippen LogP contribution in [0.2, 0.25) is 0 Å². The molecule has 29 heavy (non-hydrogen) atoms. The summed E-state index contributed by atoms with van der Waals surface area (Å²) in [6.45, 7) is 3.00. The van der Waals surface area contributed by atoms with E-state index in [2.05, 4.69) is 15.3 Å². The Labute approximate surface area is 173 Å². The number of fused-ring (bicyclic) bond motifs is 1. The number of likely N-dealkylation sites (tertiary alicyclic amines) is 1. The lowest BCUT2D eigenvalue weighted by Crippen LogP contribution is -2.50. The van der Waals surface area contributed by atoms with Crippen LogP contribution < -0.4 is 5.32 Å². The average Bonchev–Trinajstić information content (AvgIpc) is 3.42. The fraction of sp³-hybridized carbons (Fsp3) is 0.409. The minimum atomic E-state index is -0.222. The fourth-order valence-corrected chi connectivity index (χ4v) is 5.05. The molecule has 3 aromatic rings. The first-order valence-corrected chi connectivity index (χ1v) is 11.0. The molecule has 2 fully saturated rings. The predicted molar refractivity (Wildman–Crippen MR) is 114 cm³/mol. The molecular formula is C22H24N4O2S. The third-order valence-electron chi connectivity index (χ3n) is 5.90. The second kappa shape index (κ2) is 7.72. The summed E-state index contributed by atoms with van der Waals surface area (Å²) in [7, 11) is 0. The number of amides is 1. The van der Waals surface area contributed by atoms with Gasteiger partial charge in [-0.25, -0.2) is 9.97 Å². The van der Waals surface area contributed by atoms with Gasteiger partial charge in [-0.3, -0.25) is 4.79 Å². The molecule has 1 aromatic carbocycles. The Hall–Kier alpha value is -2.51. The number of piperidine rings is 1. The number of thiazole rings is 1. The number of carbonyl (C=O) groups is 1. The van der Waals surface area contributed by atoms with Crippen LogP contribution in [-0.2, 0) is 4.74 Å². The maximum atomic E-state index is 13.1. The van der Waals surface area contributed by atoms with E-state index in [9.17, 15) is 4.79 Å². The van der Waals surface area contributed by atoms with Crippen molar-refractivity contribution >= 4 is 33.3 Å². The molecule has 1 amide bonds. The van der Waals surface area contributed by atoms with Crippen LogP contribution in [0, 0.1) is 5.92 Å². The number of rotatable bonds is 4. The summed E-state index contributed by atoms with van der Waals surface area (Å²) in [5, 5.41) is 7.38. The number of aromatic nitrogens is 2. The summed E-state index contributed by atoms with van der Waals surface area (Å²) in [6.07, 6.45) is 4.76. The van der Waals surface area contributed by atoms with Crippen molar-refractivity contribution in [3.8, 4) is 0 Å². The molecule has 7 heteroatoms. The zero-order chi connectivity index (χ0) is 19.7. The van der Waals surface area contributed by atoms with Gasteiger partial charge >= 0.3 is 0 Å². The van der Waals surface area contributed by atoms with Crippen LogP contribution in [0.3, 0.4) is 0 Å². The molecule has 5 rings (SSSR count). The van der Waals surface area contributed by atoms with Crippen LogP contribution in [0.5, 0.6) is 0 Å². The molecule has 4 heterocycles. The minimum Gasteiger partial charge on any atom is -0.373 e. The lowest BCUT2D eigenvalue weighted by molar-refractivity contribution is -0.0450. The number of anilines is 1. The molecule has 0 unspecified atom stereocenters. The normalized spacial score (nSPS) is 24.3. The van der Waals surface area contributed by atoms with Gasteiger partial charge in [0, 0.05) is 36.0 Å². The van der Waals surface area contributed by atoms with Gasteiger partial charge < -0.3 is 15.0 Å². The summed E-state index contributed by atoms with van der Waals surface area (Å²) >= 11 is 1.61. The van der Waals surface area contributed by atoms with Gasteiger partial charge in [-0.05, 0) is 31.4 Å². The zero-order valence-electron chi connectivity index (χ0n) is 16.2. The number of hydrogen-bond donors (Lipinski definition) is 1. The highest BCUT2D eigenvalue weighted by molar-refractivity contribution is 7.13. The Morgan fingerprint density at radius 3 is 3.14 bits per heavy atom. The monoisotopic (exact) mass is 408 g/mol. The van der Waals surface area contributed by atoms with Crippen molar-refractivity contribution in [2.45, 2.75) is 24.9 Å². The van der Waals surface area contributed by atoms with Crippen molar-refractivity contribution in [1.82, 2.24) is 14.9 Å². The van der Waals surface area contributed by atoms with E-state index in [4.69, 9.17) is 4.74 Å². The maximum Gasteiger partial charge on any atom is 0.272 e. The van der Waals surface area contributed by atoms with Crippen molar-refractivity contribution in [2.24, 2.45) is 5.92 Å². The number of para-hydroxylation sites is 1. The molecule has 2 aromatic heterocycles. The first-order chi connectivity index (χ1) is 14.2. The molecule has 0 aliphatic carbocycles. The third kappa shape index (κ3) is 3.84. The van der Waals surface area contributed by atoms with E-state index in [0.29, 0.717) is 18.2 Å². The molecule has 0 radical (unpaired) electrons. The summed E-state index contributed by atoms with van der Waals surface area (Å²) in [5.41, 5.74) is 1.15. The van der Waals surface area contributed by atoms with Gasteiger partial charge in [0.1, 0.15) is 5.69 Å². The number of nitrogens with one attached hydrogen (secondary N) is 1. The van der Waals surface area contributed by atoms with E-state index >= 15 is 0 Å². The molecule has 2 atom stereocenters. The highest BCUT2D eigenvalue weighted by Gasteiger charge is 2.44. The molecule has 0 saturated carbocycles. The van der Waals surface area contributed by atoms with Crippen molar-refractivity contribution in [2.75, 3.05) is 31.6 Å². The first kappa shape index (κ1) is 18.5. The molecule has 6 nitrogen and oxygen atoms in total. The van der Waals surface area contributed by atoms with Crippen molar-refractivity contribution < 1.29 is 9.53 Å². The number of nitrogens with zero attached hydrogens (tertiary/aromatic N) is 3. The Balaban J connectivity index is 1.25. The van der Waals surface area contributed by atoms with Crippen LogP contribution in [0.4, 0.5) is 5.13 Å². The van der Waals surface area contributed by atoms with E-state index < -0.39 is 0 Å². The Morgan fingerprint density at radius 1 is 1.31 bits per heavy atom. The second-order valence-corrected chi connectivity index (χ2v) is 8.90. The SMILES string of the molecule is O=C(c1ccc2ccccc2n1)N1CCC[C@@]2(C[C@H](CNc3nccs3)CO2)C1. The Bertz CT molecular complexity index is 1010. The topological polar surface area (TPSA) is 67.4 Å². The molecular weight excluding hydrogens is 384 g/mol. The van der Waals surface area contributed by atoms with Gasteiger partial charge in [0.05, 0.1) is 24.3 Å². The highest BCUT2D eigenvalue weighted by atomic mass is 32.1. The van der Waals surface area contributed by atoms with Crippen LogP contribution >= 0.6 is 11.3 Å². The van der Waals surface area contributed by atoms with Gasteiger partial charge in [0.15, 0.2) is 5.13 Å². The third-order valence-corrected chi connectivity index (χ3v) is 6.64. The maximum absolute atomic E-state index is 13.1. The number of pyridine rings is 1. The molecule has 1 N–H and O–H groups in total. The largest absolute Gasteiger partial charge is 0.373 e. The molecule has 2 aliphatic heterocycles. The highest BCUT2D eigenvalue weighted by Crippen LogP contribution is 2.38. The van der Waals surface area contributed by atoms with Gasteiger partial charge in [0.25, 0.3) is 5.91 Å². The van der Waals surface area contributed by atoms with E-state index in [-0.39, 0.29) is 11.5 Å². The van der Waals surface area contributed by atoms with Gasteiger partial charge in [-0.1, -0.05) is 24.3 Å². The molecule has 150 valence electrons. The van der Waals surface area contributed by atoms with Gasteiger partial charge in [-0.15, -0.1) is 11.3 Å². The number of hydrogen-bond acceptors (Lipinski definition) is 6. The van der Waals surface area contributed by atoms with Crippen LogP contribution in [0.1, 0.15) is 29.8 Å². The number of carbonyl (C=O) groups excluding carboxylic acids is 1. The molecule has 2 saturated heterocycles. The Morgan fingerprint density at radius 2 is 2.24 bits per heavy atom. The van der Waals surface area contributed by atoms with E-state index in [1.807, 2.05) is 52.9 Å². The van der Waals surface area contributed by atoms with Crippen LogP contribution in [0.15, 0.2) is 48.0 Å². The van der Waals surface area contributed by atoms with Crippen molar-refractivity contribution in [1.29, 1.82) is 0 Å². The summed E-state index contributed by atoms with van der Waals surface area (Å²) in [4.78, 5) is 23.9. The van der Waals surface area contributed by atoms with Gasteiger partial charge in [0.2, 0.25) is 0 Å². The smallest absolute Gasteiger partial charge is 0.272 e. The van der Waals surface area contributed by atoms with Gasteiger partial charge in [-0.2, -0.15) is 0 Å². The number of benzene rings is 1. The number of ether oxygens (including phenoxy) is 1. The predicted octanol–water partition coefficient (Wildman–Crippen LogP) is 3.81. The standard InChI is InChI=1S/C22H24N4O2S/c27-20(19-7-6-17-4-1-2-5-18(17)25-19)26-10-3-8-22(15-26)12-16(14-28-22)13-24-21-23-9-11-29-21/h1-2,4-7,9,11,16H,3,8,10,12-15H2,(H,23,24)/t16-,22-/m1/s1. The van der Waals surface area contributed by atoms with E-state index in [1.165, 1.54) is 0 Å². The minimum absolute atomic E-state index is 0.00258. The van der Waals surface area contributed by atoms with E-state index in [1.54, 1.807) is 11.3 Å². The summed E-state index contributed by atoms with van der Waals surface area (Å²) in [6, 6.07) is 11.7. The first-order valence-electron chi connectivity index (χ1n) is 10.1. The molecule has 1 spiro atoms. The summed E-state index contributed by atoms with van der Waals surface area (Å²) < 4.78 is 6.28. The lowest BCUT2D eigenvalue weighted by atomic mass is 9.86. The zero-order valence-corrected chi connectivity index (χ0v) is 17.0. The average molecular weight is 409 g/mol. The molecule has 2 aliphatic rings. The molecule has 0 bridgehead atoms. The van der Waals surface area contributed by atoms with E-state index in [0.717, 1.165) is 55.0 Å². The van der Waals surface area contributed by atoms with Crippen LogP contribution in [-0.4, -0.2) is 52.6 Å². The second-order valence-electron chi connectivity index (χ2n) is 8.00. The fourth-order valence-electron chi connectivity index (χ4n) is 4.52. The quantitative estimate of drug-likeness (QED) is 0.711. The van der Waals surface area contributed by atoms with Crippen molar-refractivity contribution in [3.63, 3.8) is 0 Å². The summed E-state index contributed by atoms with van der Waals surface area (Å²) in [5.74, 6) is 0.440. The Kier molecular flexibility index (Phi) is 4.93. The lowest BCUT2D eigenvalue weighted by Gasteiger charge is -2.39.